The van der Waals surface area contributed by atoms with Crippen LogP contribution in [0.1, 0.15) is 175 Å². The first-order valence-electron chi connectivity index (χ1n) is 31.5. The molecule has 4 aromatic carbocycles. The van der Waals surface area contributed by atoms with Gasteiger partial charge in [0.05, 0.1) is 33.7 Å². The number of aliphatic hydroxyl groups excluding tert-OH is 2. The van der Waals surface area contributed by atoms with Gasteiger partial charge < -0.3 is 24.9 Å². The summed E-state index contributed by atoms with van der Waals surface area (Å²) >= 11 is 1.79. The van der Waals surface area contributed by atoms with Gasteiger partial charge in [0, 0.05) is 98.2 Å². The molecule has 8 nitrogen and oxygen atoms in total. The van der Waals surface area contributed by atoms with E-state index < -0.39 is 5.41 Å². The zero-order chi connectivity index (χ0) is 59.8. The maximum Gasteiger partial charge on any atom is 0.209 e. The van der Waals surface area contributed by atoms with E-state index in [0.717, 1.165) is 105 Å². The predicted octanol–water partition coefficient (Wildman–Crippen LogP) is 18.2. The summed E-state index contributed by atoms with van der Waals surface area (Å²) in [6.45, 7) is 32.3. The molecular formula is C75H89N4O4S+. The summed E-state index contributed by atoms with van der Waals surface area (Å²) < 4.78 is 2.38. The number of benzene rings is 4. The number of nitrogens with zero attached hydrogens (tertiary/aromatic N) is 4. The summed E-state index contributed by atoms with van der Waals surface area (Å²) in [6.07, 6.45) is 19.2. The third-order valence-corrected chi connectivity index (χ3v) is 20.9. The van der Waals surface area contributed by atoms with Crippen molar-refractivity contribution in [1.82, 2.24) is 0 Å². The number of ketones is 2. The summed E-state index contributed by atoms with van der Waals surface area (Å²) in [5.74, 6) is -0.0360. The van der Waals surface area contributed by atoms with E-state index in [4.69, 9.17) is 0 Å². The Morgan fingerprint density at radius 2 is 1.11 bits per heavy atom. The zero-order valence-corrected chi connectivity index (χ0v) is 53.2. The minimum Gasteiger partial charge on any atom is -0.506 e. The fraction of sp³-hybridized carbons (Fsp3) is 0.427. The SMILES string of the molecule is CCCCCCN1c2ccc(-c3ccc(-c4ccc5c(c4)C(C)(C)/C(=C/C4=C(O)C(=C\C6=[N+](CCCCCC)c7ccccc7C6(C)C)/C4=O)N5CC)s3)cc2C(C)(C)C1/C=C1/C(=O)C(/C=C2\N(CCCC)c3ccc(C)cc3C2(C)C)=C1O. The Hall–Kier alpha value is -6.97. The fourth-order valence-corrected chi connectivity index (χ4v) is 15.6. The van der Waals surface area contributed by atoms with Crippen LogP contribution in [0, 0.1) is 6.92 Å². The van der Waals surface area contributed by atoms with Crippen molar-refractivity contribution < 1.29 is 24.4 Å². The van der Waals surface area contributed by atoms with E-state index in [1.165, 1.54) is 73.9 Å². The number of thiophene rings is 1. The van der Waals surface area contributed by atoms with E-state index in [0.29, 0.717) is 22.3 Å². The van der Waals surface area contributed by atoms with Crippen molar-refractivity contribution >= 4 is 51.4 Å². The van der Waals surface area contributed by atoms with Crippen molar-refractivity contribution in [2.24, 2.45) is 0 Å². The van der Waals surface area contributed by atoms with Crippen LogP contribution in [0.2, 0.25) is 0 Å². The Bertz CT molecular complexity index is 3730. The molecular weight excluding hydrogens is 1050 g/mol. The summed E-state index contributed by atoms with van der Waals surface area (Å²) in [7, 11) is 0. The maximum atomic E-state index is 14.4. The second-order valence-electron chi connectivity index (χ2n) is 26.7. The van der Waals surface area contributed by atoms with Crippen LogP contribution in [0.15, 0.2) is 161 Å². The molecule has 4 aliphatic heterocycles. The number of carbonyl (C=O) groups is 2. The van der Waals surface area contributed by atoms with Gasteiger partial charge in [-0.25, -0.2) is 0 Å². The number of allylic oxidation sites excluding steroid dienone is 9. The lowest BCUT2D eigenvalue weighted by Crippen LogP contribution is -2.42. The molecule has 1 atom stereocenters. The normalized spacial score (nSPS) is 21.6. The van der Waals surface area contributed by atoms with Crippen LogP contribution in [-0.4, -0.2) is 64.3 Å². The first-order valence-corrected chi connectivity index (χ1v) is 32.3. The number of Topliss-reactive ketones (excluding diaryl/α,β-unsaturated/α-hetero) is 2. The third-order valence-electron chi connectivity index (χ3n) is 19.7. The van der Waals surface area contributed by atoms with Crippen molar-refractivity contribution in [1.29, 1.82) is 0 Å². The molecule has 0 radical (unpaired) electrons. The molecule has 0 spiro atoms. The molecule has 5 aromatic rings. The lowest BCUT2D eigenvalue weighted by Gasteiger charge is -2.34. The number of rotatable bonds is 20. The Balaban J connectivity index is 0.864. The predicted molar refractivity (Wildman–Crippen MR) is 351 cm³/mol. The molecule has 1 aromatic heterocycles. The maximum absolute atomic E-state index is 14.4. The van der Waals surface area contributed by atoms with Gasteiger partial charge >= 0.3 is 0 Å². The highest BCUT2D eigenvalue weighted by molar-refractivity contribution is 7.18. The summed E-state index contributed by atoms with van der Waals surface area (Å²) in [5, 5.41) is 23.8. The molecule has 0 bridgehead atoms. The van der Waals surface area contributed by atoms with Gasteiger partial charge in [-0.05, 0) is 135 Å². The van der Waals surface area contributed by atoms with Gasteiger partial charge in [-0.2, -0.15) is 4.58 Å². The molecule has 438 valence electrons. The molecule has 11 rings (SSSR count). The highest BCUT2D eigenvalue weighted by Gasteiger charge is 2.49. The molecule has 0 fully saturated rings. The van der Waals surface area contributed by atoms with E-state index in [1.807, 2.05) is 18.2 Å². The van der Waals surface area contributed by atoms with Gasteiger partial charge in [-0.15, -0.1) is 11.3 Å². The van der Waals surface area contributed by atoms with E-state index in [2.05, 4.69) is 206 Å². The summed E-state index contributed by atoms with van der Waals surface area (Å²) in [6, 6.07) is 33.2. The number of carbonyl (C=O) groups excluding carboxylic acids is 2. The molecule has 1 unspecified atom stereocenters. The standard InChI is InChI=1S/C75H88N4O4S/c1-14-18-21-25-38-78-58-28-24-23-27-54(58)72(6,7)65(78)44-51-68(80)50(69(51)81)43-64-74(10,11)56-41-48(30-33-59(56)76(64)17-4)62-35-36-63(84-62)49-31-34-61-57(42-49)75(12,13)67(79(61)39-26-22-19-15-2)46-53-70(82)52(71(53)83)45-66-73(8,9)55-40-47(5)29-32-60(55)77(66)37-20-16-3/h23-24,27-36,40-46,67H,14-22,25-26,37-39H2,1-13H3,(H-,80,81,82,83)/p+1/b66-45-. The van der Waals surface area contributed by atoms with E-state index in [1.54, 1.807) is 11.3 Å². The minimum atomic E-state index is -0.447. The monoisotopic (exact) mass is 1140 g/mol. The van der Waals surface area contributed by atoms with Crippen LogP contribution in [0.3, 0.4) is 0 Å². The van der Waals surface area contributed by atoms with E-state index in [-0.39, 0.29) is 45.4 Å². The fourth-order valence-electron chi connectivity index (χ4n) is 14.6. The van der Waals surface area contributed by atoms with Crippen molar-refractivity contribution in [3.8, 4) is 20.9 Å². The molecule has 2 aliphatic carbocycles. The first kappa shape index (κ1) is 58.8. The van der Waals surface area contributed by atoms with Gasteiger partial charge in [0.2, 0.25) is 11.5 Å². The number of hydrogen-bond acceptors (Lipinski definition) is 8. The number of unbranched alkanes of at least 4 members (excludes halogenated alkanes) is 7. The zero-order valence-electron chi connectivity index (χ0n) is 52.4. The Morgan fingerprint density at radius 1 is 0.548 bits per heavy atom. The number of para-hydroxylation sites is 1. The largest absolute Gasteiger partial charge is 0.506 e. The molecule has 84 heavy (non-hydrogen) atoms. The highest BCUT2D eigenvalue weighted by Crippen LogP contribution is 2.54. The molecule has 6 aliphatic rings. The van der Waals surface area contributed by atoms with E-state index >= 15 is 0 Å². The molecule has 9 heteroatoms. The molecule has 2 N–H and O–H groups in total. The number of aliphatic hydroxyl groups is 2. The molecule has 0 saturated carbocycles. The van der Waals surface area contributed by atoms with Gasteiger partial charge in [-0.1, -0.05) is 149 Å². The minimum absolute atomic E-state index is 0.0709. The van der Waals surface area contributed by atoms with Crippen LogP contribution >= 0.6 is 11.3 Å². The van der Waals surface area contributed by atoms with Crippen LogP contribution in [0.5, 0.6) is 0 Å². The van der Waals surface area contributed by atoms with Crippen molar-refractivity contribution in [2.45, 2.75) is 182 Å². The first-order chi connectivity index (χ1) is 40.1. The molecule has 0 amide bonds. The number of anilines is 3. The molecule has 0 saturated heterocycles. The van der Waals surface area contributed by atoms with Crippen molar-refractivity contribution in [3.05, 3.63) is 188 Å². The quantitative estimate of drug-likeness (QED) is 0.0456. The van der Waals surface area contributed by atoms with Crippen LogP contribution in [0.4, 0.5) is 22.7 Å². The summed E-state index contributed by atoms with van der Waals surface area (Å²) in [4.78, 5) is 38.2. The lowest BCUT2D eigenvalue weighted by molar-refractivity contribution is -0.438. The average molecular weight is 1140 g/mol. The topological polar surface area (TPSA) is 87.3 Å². The van der Waals surface area contributed by atoms with Crippen LogP contribution in [0.25, 0.3) is 20.9 Å². The number of likely N-dealkylation sites (N-methyl/N-ethyl adjacent to an activating group) is 1. The van der Waals surface area contributed by atoms with Gasteiger partial charge in [0.15, 0.2) is 11.5 Å². The lowest BCUT2D eigenvalue weighted by atomic mass is 9.76. The van der Waals surface area contributed by atoms with Crippen LogP contribution < -0.4 is 14.7 Å². The Morgan fingerprint density at radius 3 is 1.74 bits per heavy atom. The van der Waals surface area contributed by atoms with Gasteiger partial charge in [0.1, 0.15) is 18.1 Å². The van der Waals surface area contributed by atoms with Crippen molar-refractivity contribution in [3.63, 3.8) is 0 Å². The van der Waals surface area contributed by atoms with E-state index in [9.17, 15) is 19.8 Å². The average Bonchev–Trinajstić information content (AvgIpc) is 1.70. The summed E-state index contributed by atoms with van der Waals surface area (Å²) in [5.41, 5.74) is 16.4. The third kappa shape index (κ3) is 9.69. The molecule has 5 heterocycles. The highest BCUT2D eigenvalue weighted by atomic mass is 32.1. The van der Waals surface area contributed by atoms with Gasteiger partial charge in [-0.3, -0.25) is 9.59 Å². The smallest absolute Gasteiger partial charge is 0.209 e. The number of fused-ring (bicyclic) bond motifs is 4. The Kier molecular flexibility index (Phi) is 15.7. The van der Waals surface area contributed by atoms with Gasteiger partial charge in [0.25, 0.3) is 0 Å². The van der Waals surface area contributed by atoms with Crippen LogP contribution in [-0.2, 0) is 31.2 Å². The van der Waals surface area contributed by atoms with Crippen molar-refractivity contribution in [2.75, 3.05) is 40.9 Å². The second-order valence-corrected chi connectivity index (χ2v) is 27.8. The number of hydrogen-bond donors (Lipinski definition) is 2. The second kappa shape index (κ2) is 22.5. The Labute approximate surface area is 505 Å². The number of aryl methyl sites for hydroxylation is 1.